The normalized spacial score (nSPS) is 14.8. The first-order valence-electron chi connectivity index (χ1n) is 7.96. The smallest absolute Gasteiger partial charge is 0.251 e. The van der Waals surface area contributed by atoms with Crippen molar-refractivity contribution >= 4 is 11.6 Å². The Labute approximate surface area is 139 Å². The third-order valence-electron chi connectivity index (χ3n) is 4.13. The molecule has 2 aliphatic rings. The minimum absolute atomic E-state index is 0.116. The summed E-state index contributed by atoms with van der Waals surface area (Å²) in [5, 5.41) is 2.95. The van der Waals surface area contributed by atoms with E-state index in [4.69, 9.17) is 14.2 Å². The van der Waals surface area contributed by atoms with Crippen molar-refractivity contribution in [2.75, 3.05) is 37.9 Å². The maximum atomic E-state index is 12.3. The third kappa shape index (κ3) is 2.82. The van der Waals surface area contributed by atoms with E-state index in [2.05, 4.69) is 10.2 Å². The van der Waals surface area contributed by atoms with E-state index in [1.54, 1.807) is 18.2 Å². The first kappa shape index (κ1) is 14.7. The van der Waals surface area contributed by atoms with Gasteiger partial charge in [-0.05, 0) is 30.3 Å². The molecule has 0 aromatic heterocycles. The summed E-state index contributed by atoms with van der Waals surface area (Å²) in [6.45, 7) is 2.97. The van der Waals surface area contributed by atoms with E-state index < -0.39 is 0 Å². The average Bonchev–Trinajstić information content (AvgIpc) is 3.09. The number of benzene rings is 2. The van der Waals surface area contributed by atoms with Crippen molar-refractivity contribution in [2.45, 2.75) is 0 Å². The Morgan fingerprint density at radius 3 is 2.88 bits per heavy atom. The van der Waals surface area contributed by atoms with Gasteiger partial charge in [0.25, 0.3) is 5.91 Å². The molecule has 0 atom stereocenters. The molecule has 0 bridgehead atoms. The number of nitrogens with zero attached hydrogens (tertiary/aromatic N) is 1. The number of fused-ring (bicyclic) bond motifs is 2. The fourth-order valence-corrected chi connectivity index (χ4v) is 2.90. The first-order valence-corrected chi connectivity index (χ1v) is 7.96. The second kappa shape index (κ2) is 6.31. The zero-order valence-corrected chi connectivity index (χ0v) is 13.2. The molecule has 6 heteroatoms. The molecule has 0 fully saturated rings. The highest BCUT2D eigenvalue weighted by molar-refractivity contribution is 5.94. The largest absolute Gasteiger partial charge is 0.490 e. The fourth-order valence-electron chi connectivity index (χ4n) is 2.90. The van der Waals surface area contributed by atoms with Crippen LogP contribution in [0.1, 0.15) is 10.4 Å². The Morgan fingerprint density at radius 1 is 1.04 bits per heavy atom. The van der Waals surface area contributed by atoms with Crippen LogP contribution in [0, 0.1) is 0 Å². The van der Waals surface area contributed by atoms with E-state index in [-0.39, 0.29) is 12.7 Å². The lowest BCUT2D eigenvalue weighted by Crippen LogP contribution is -2.39. The zero-order chi connectivity index (χ0) is 16.4. The Kier molecular flexibility index (Phi) is 3.86. The molecule has 2 aromatic rings. The molecule has 6 nitrogen and oxygen atoms in total. The van der Waals surface area contributed by atoms with Crippen LogP contribution in [0.5, 0.6) is 17.2 Å². The van der Waals surface area contributed by atoms with Gasteiger partial charge in [0.05, 0.1) is 12.2 Å². The second-order valence-corrected chi connectivity index (χ2v) is 5.63. The van der Waals surface area contributed by atoms with Crippen molar-refractivity contribution in [3.05, 3.63) is 48.0 Å². The number of para-hydroxylation sites is 2. The van der Waals surface area contributed by atoms with Crippen molar-refractivity contribution in [3.8, 4) is 17.2 Å². The molecule has 2 aliphatic heterocycles. The lowest BCUT2D eigenvalue weighted by Gasteiger charge is -2.31. The van der Waals surface area contributed by atoms with Gasteiger partial charge in [-0.3, -0.25) is 4.79 Å². The van der Waals surface area contributed by atoms with Crippen LogP contribution in [0.25, 0.3) is 0 Å². The summed E-state index contributed by atoms with van der Waals surface area (Å²) >= 11 is 0. The van der Waals surface area contributed by atoms with Gasteiger partial charge in [0, 0.05) is 18.7 Å². The van der Waals surface area contributed by atoms with Crippen LogP contribution in [0.2, 0.25) is 0 Å². The molecule has 0 unspecified atom stereocenters. The lowest BCUT2D eigenvalue weighted by molar-refractivity contribution is 0.0954. The molecule has 4 rings (SSSR count). The number of carbonyl (C=O) groups is 1. The van der Waals surface area contributed by atoms with Crippen molar-refractivity contribution in [1.82, 2.24) is 5.32 Å². The highest BCUT2D eigenvalue weighted by Gasteiger charge is 2.18. The highest BCUT2D eigenvalue weighted by Crippen LogP contribution is 2.32. The van der Waals surface area contributed by atoms with Crippen LogP contribution < -0.4 is 24.4 Å². The summed E-state index contributed by atoms with van der Waals surface area (Å²) in [4.78, 5) is 14.5. The topological polar surface area (TPSA) is 60.0 Å². The number of hydrogen-bond acceptors (Lipinski definition) is 5. The van der Waals surface area contributed by atoms with Crippen molar-refractivity contribution in [3.63, 3.8) is 0 Å². The highest BCUT2D eigenvalue weighted by atomic mass is 16.7. The van der Waals surface area contributed by atoms with E-state index in [1.165, 1.54) is 0 Å². The molecule has 1 amide bonds. The minimum Gasteiger partial charge on any atom is -0.490 e. The van der Waals surface area contributed by atoms with Gasteiger partial charge in [-0.2, -0.15) is 0 Å². The number of nitrogens with one attached hydrogen (secondary N) is 1. The molecule has 0 saturated carbocycles. The van der Waals surface area contributed by atoms with Crippen LogP contribution in [0.3, 0.4) is 0 Å². The molecule has 0 saturated heterocycles. The fraction of sp³-hybridized carbons (Fsp3) is 0.278. The Morgan fingerprint density at radius 2 is 1.92 bits per heavy atom. The van der Waals surface area contributed by atoms with Crippen LogP contribution in [0.4, 0.5) is 5.69 Å². The molecule has 124 valence electrons. The number of carbonyl (C=O) groups excluding carboxylic acids is 1. The molecule has 0 aliphatic carbocycles. The van der Waals surface area contributed by atoms with E-state index in [9.17, 15) is 4.79 Å². The summed E-state index contributed by atoms with van der Waals surface area (Å²) < 4.78 is 16.2. The van der Waals surface area contributed by atoms with Gasteiger partial charge in [0.2, 0.25) is 6.79 Å². The maximum absolute atomic E-state index is 12.3. The van der Waals surface area contributed by atoms with Crippen LogP contribution in [-0.4, -0.2) is 38.9 Å². The summed E-state index contributed by atoms with van der Waals surface area (Å²) in [5.74, 6) is 2.07. The second-order valence-electron chi connectivity index (χ2n) is 5.63. The molecule has 0 radical (unpaired) electrons. The minimum atomic E-state index is -0.116. The van der Waals surface area contributed by atoms with E-state index in [0.29, 0.717) is 30.2 Å². The van der Waals surface area contributed by atoms with Gasteiger partial charge in [-0.15, -0.1) is 0 Å². The molecule has 1 N–H and O–H groups in total. The predicted octanol–water partition coefficient (Wildman–Crippen LogP) is 2.04. The lowest BCUT2D eigenvalue weighted by atomic mass is 10.2. The third-order valence-corrected chi connectivity index (χ3v) is 4.13. The van der Waals surface area contributed by atoms with Crippen LogP contribution in [-0.2, 0) is 0 Å². The SMILES string of the molecule is O=C(NCCN1CCOc2ccccc21)c1ccc2c(c1)OCO2. The van der Waals surface area contributed by atoms with Gasteiger partial charge in [0.1, 0.15) is 12.4 Å². The van der Waals surface area contributed by atoms with Gasteiger partial charge in [0.15, 0.2) is 11.5 Å². The average molecular weight is 326 g/mol. The summed E-state index contributed by atoms with van der Waals surface area (Å²) in [6.07, 6.45) is 0. The molecular formula is C18H18N2O4. The Balaban J connectivity index is 1.35. The molecular weight excluding hydrogens is 308 g/mol. The van der Waals surface area contributed by atoms with Crippen molar-refractivity contribution < 1.29 is 19.0 Å². The Bertz CT molecular complexity index is 762. The number of amides is 1. The Hall–Kier alpha value is -2.89. The number of rotatable bonds is 4. The summed E-state index contributed by atoms with van der Waals surface area (Å²) in [7, 11) is 0. The molecule has 2 heterocycles. The van der Waals surface area contributed by atoms with Crippen molar-refractivity contribution in [1.29, 1.82) is 0 Å². The van der Waals surface area contributed by atoms with Gasteiger partial charge in [-0.25, -0.2) is 0 Å². The van der Waals surface area contributed by atoms with E-state index >= 15 is 0 Å². The summed E-state index contributed by atoms with van der Waals surface area (Å²) in [6, 6.07) is 13.2. The maximum Gasteiger partial charge on any atom is 0.251 e. The van der Waals surface area contributed by atoms with Crippen LogP contribution in [0.15, 0.2) is 42.5 Å². The van der Waals surface area contributed by atoms with Gasteiger partial charge >= 0.3 is 0 Å². The monoisotopic (exact) mass is 326 g/mol. The number of hydrogen-bond donors (Lipinski definition) is 1. The molecule has 0 spiro atoms. The zero-order valence-electron chi connectivity index (χ0n) is 13.2. The predicted molar refractivity (Wildman–Crippen MR) is 89.0 cm³/mol. The quantitative estimate of drug-likeness (QED) is 0.932. The van der Waals surface area contributed by atoms with Gasteiger partial charge < -0.3 is 24.4 Å². The number of anilines is 1. The number of ether oxygens (including phenoxy) is 3. The first-order chi connectivity index (χ1) is 11.8. The molecule has 2 aromatic carbocycles. The standard InChI is InChI=1S/C18H18N2O4/c21-18(13-5-6-16-17(11-13)24-12-23-16)19-7-8-20-9-10-22-15-4-2-1-3-14(15)20/h1-6,11H,7-10,12H2,(H,19,21). The van der Waals surface area contributed by atoms with Gasteiger partial charge in [-0.1, -0.05) is 12.1 Å². The molecule has 24 heavy (non-hydrogen) atoms. The van der Waals surface area contributed by atoms with E-state index in [0.717, 1.165) is 24.5 Å². The van der Waals surface area contributed by atoms with Crippen LogP contribution >= 0.6 is 0 Å². The summed E-state index contributed by atoms with van der Waals surface area (Å²) in [5.41, 5.74) is 1.64. The van der Waals surface area contributed by atoms with E-state index in [1.807, 2.05) is 24.3 Å². The van der Waals surface area contributed by atoms with Crippen molar-refractivity contribution in [2.24, 2.45) is 0 Å².